The Kier molecular flexibility index (Phi) is 1.40. The van der Waals surface area contributed by atoms with E-state index in [1.54, 1.807) is 5.57 Å². The van der Waals surface area contributed by atoms with Gasteiger partial charge in [-0.15, -0.1) is 11.3 Å². The standard InChI is InChI=1S/C10H11NS/c1-2-10(12-5-1)8-6-7-3-4-9(8)11-7/h1-2,5-7,9,11H,3-4H2/t7-,9+/m1/s1. The minimum absolute atomic E-state index is 0.661. The zero-order valence-electron chi connectivity index (χ0n) is 6.79. The third-order valence-corrected chi connectivity index (χ3v) is 3.66. The molecule has 0 aromatic carbocycles. The second-order valence-electron chi connectivity index (χ2n) is 3.50. The third-order valence-electron chi connectivity index (χ3n) is 2.74. The quantitative estimate of drug-likeness (QED) is 0.694. The van der Waals surface area contributed by atoms with Crippen LogP contribution in [0.15, 0.2) is 23.6 Å². The molecular formula is C10H11NS. The van der Waals surface area contributed by atoms with Crippen LogP contribution in [0.3, 0.4) is 0 Å². The van der Waals surface area contributed by atoms with Gasteiger partial charge in [0, 0.05) is 17.0 Å². The van der Waals surface area contributed by atoms with Crippen molar-refractivity contribution >= 4 is 16.9 Å². The van der Waals surface area contributed by atoms with E-state index in [0.717, 1.165) is 0 Å². The third kappa shape index (κ3) is 0.883. The summed E-state index contributed by atoms with van der Waals surface area (Å²) in [6, 6.07) is 5.69. The van der Waals surface area contributed by atoms with Gasteiger partial charge in [0.1, 0.15) is 0 Å². The van der Waals surface area contributed by atoms with Gasteiger partial charge in [-0.1, -0.05) is 12.1 Å². The molecule has 0 radical (unpaired) electrons. The van der Waals surface area contributed by atoms with Crippen LogP contribution in [0.1, 0.15) is 17.7 Å². The number of hydrogen-bond acceptors (Lipinski definition) is 2. The molecule has 1 fully saturated rings. The molecule has 3 rings (SSSR count). The van der Waals surface area contributed by atoms with E-state index in [0.29, 0.717) is 12.1 Å². The zero-order chi connectivity index (χ0) is 7.97. The minimum atomic E-state index is 0.661. The molecule has 0 spiro atoms. The average molecular weight is 177 g/mol. The summed E-state index contributed by atoms with van der Waals surface area (Å²) in [5, 5.41) is 5.74. The summed E-state index contributed by atoms with van der Waals surface area (Å²) < 4.78 is 0. The van der Waals surface area contributed by atoms with Crippen LogP contribution < -0.4 is 5.32 Å². The number of fused-ring (bicyclic) bond motifs is 2. The molecule has 0 amide bonds. The Balaban J connectivity index is 2.00. The van der Waals surface area contributed by atoms with Gasteiger partial charge in [0.25, 0.3) is 0 Å². The van der Waals surface area contributed by atoms with Crippen LogP contribution in [0, 0.1) is 0 Å². The van der Waals surface area contributed by atoms with Crippen molar-refractivity contribution in [3.63, 3.8) is 0 Å². The fourth-order valence-corrected chi connectivity index (χ4v) is 2.98. The molecule has 2 aliphatic rings. The summed E-state index contributed by atoms with van der Waals surface area (Å²) in [7, 11) is 0. The molecule has 12 heavy (non-hydrogen) atoms. The first-order valence-electron chi connectivity index (χ1n) is 4.45. The van der Waals surface area contributed by atoms with Gasteiger partial charge in [-0.2, -0.15) is 0 Å². The van der Waals surface area contributed by atoms with Crippen LogP contribution in [0.4, 0.5) is 0 Å². The Hall–Kier alpha value is -0.600. The van der Waals surface area contributed by atoms with Gasteiger partial charge >= 0.3 is 0 Å². The molecule has 3 heterocycles. The Morgan fingerprint density at radius 2 is 2.42 bits per heavy atom. The first kappa shape index (κ1) is 6.87. The molecule has 0 unspecified atom stereocenters. The van der Waals surface area contributed by atoms with E-state index in [9.17, 15) is 0 Å². The largest absolute Gasteiger partial charge is 0.304 e. The predicted octanol–water partition coefficient (Wildman–Crippen LogP) is 2.27. The highest BCUT2D eigenvalue weighted by Crippen LogP contribution is 2.35. The molecule has 2 bridgehead atoms. The molecule has 1 saturated heterocycles. The molecule has 1 aromatic heterocycles. The lowest BCUT2D eigenvalue weighted by Gasteiger charge is -2.09. The van der Waals surface area contributed by atoms with E-state index < -0.39 is 0 Å². The Morgan fingerprint density at radius 1 is 1.42 bits per heavy atom. The van der Waals surface area contributed by atoms with E-state index in [4.69, 9.17) is 0 Å². The van der Waals surface area contributed by atoms with E-state index in [1.165, 1.54) is 17.7 Å². The van der Waals surface area contributed by atoms with Gasteiger partial charge < -0.3 is 5.32 Å². The molecule has 2 heteroatoms. The summed E-state index contributed by atoms with van der Waals surface area (Å²) in [5.41, 5.74) is 1.54. The van der Waals surface area contributed by atoms with E-state index in [-0.39, 0.29) is 0 Å². The van der Waals surface area contributed by atoms with Gasteiger partial charge in [0.15, 0.2) is 0 Å². The molecule has 2 atom stereocenters. The van der Waals surface area contributed by atoms with Crippen LogP contribution >= 0.6 is 11.3 Å². The van der Waals surface area contributed by atoms with E-state index >= 15 is 0 Å². The van der Waals surface area contributed by atoms with Crippen molar-refractivity contribution < 1.29 is 0 Å². The van der Waals surface area contributed by atoms with Gasteiger partial charge in [-0.3, -0.25) is 0 Å². The fourth-order valence-electron chi connectivity index (χ4n) is 2.18. The average Bonchev–Trinajstić information content (AvgIpc) is 2.81. The van der Waals surface area contributed by atoms with Crippen molar-refractivity contribution in [3.8, 4) is 0 Å². The van der Waals surface area contributed by atoms with Gasteiger partial charge in [0.05, 0.1) is 0 Å². The summed E-state index contributed by atoms with van der Waals surface area (Å²) in [5.74, 6) is 0. The summed E-state index contributed by atoms with van der Waals surface area (Å²) in [4.78, 5) is 1.45. The summed E-state index contributed by atoms with van der Waals surface area (Å²) in [6.07, 6.45) is 5.06. The van der Waals surface area contributed by atoms with Crippen molar-refractivity contribution in [2.24, 2.45) is 0 Å². The lowest BCUT2D eigenvalue weighted by molar-refractivity contribution is 0.721. The summed E-state index contributed by atoms with van der Waals surface area (Å²) >= 11 is 1.85. The van der Waals surface area contributed by atoms with Gasteiger partial charge in [-0.25, -0.2) is 0 Å². The maximum absolute atomic E-state index is 3.58. The van der Waals surface area contributed by atoms with Crippen molar-refractivity contribution in [1.82, 2.24) is 5.32 Å². The van der Waals surface area contributed by atoms with E-state index in [1.807, 2.05) is 11.3 Å². The topological polar surface area (TPSA) is 12.0 Å². The number of nitrogens with one attached hydrogen (secondary N) is 1. The molecule has 2 aliphatic heterocycles. The molecule has 0 saturated carbocycles. The van der Waals surface area contributed by atoms with Crippen molar-refractivity contribution in [1.29, 1.82) is 0 Å². The molecule has 1 nitrogen and oxygen atoms in total. The highest BCUT2D eigenvalue weighted by atomic mass is 32.1. The second-order valence-corrected chi connectivity index (χ2v) is 4.45. The van der Waals surface area contributed by atoms with Crippen LogP contribution in [-0.2, 0) is 0 Å². The first-order chi connectivity index (χ1) is 5.93. The molecule has 62 valence electrons. The number of rotatable bonds is 1. The predicted molar refractivity (Wildman–Crippen MR) is 52.2 cm³/mol. The Labute approximate surface area is 76.1 Å². The van der Waals surface area contributed by atoms with Crippen LogP contribution in [-0.4, -0.2) is 12.1 Å². The van der Waals surface area contributed by atoms with Gasteiger partial charge in [-0.05, 0) is 29.9 Å². The lowest BCUT2D eigenvalue weighted by Crippen LogP contribution is -2.20. The lowest BCUT2D eigenvalue weighted by atomic mass is 9.98. The maximum atomic E-state index is 3.58. The van der Waals surface area contributed by atoms with E-state index in [2.05, 4.69) is 28.9 Å². The smallest absolute Gasteiger partial charge is 0.0337 e. The molecule has 1 aromatic rings. The monoisotopic (exact) mass is 177 g/mol. The fraction of sp³-hybridized carbons (Fsp3) is 0.400. The number of thiophene rings is 1. The molecule has 1 N–H and O–H groups in total. The van der Waals surface area contributed by atoms with Crippen molar-refractivity contribution in [2.75, 3.05) is 0 Å². The normalized spacial score (nSPS) is 32.5. The first-order valence-corrected chi connectivity index (χ1v) is 5.33. The molecule has 0 aliphatic carbocycles. The SMILES string of the molecule is C1=C(c2cccs2)[C@@H]2CC[C@H]1N2. The van der Waals surface area contributed by atoms with Crippen molar-refractivity contribution in [3.05, 3.63) is 28.5 Å². The minimum Gasteiger partial charge on any atom is -0.304 e. The van der Waals surface area contributed by atoms with Crippen LogP contribution in [0.2, 0.25) is 0 Å². The van der Waals surface area contributed by atoms with Crippen LogP contribution in [0.25, 0.3) is 5.57 Å². The molecular weight excluding hydrogens is 166 g/mol. The second kappa shape index (κ2) is 2.44. The summed E-state index contributed by atoms with van der Waals surface area (Å²) in [6.45, 7) is 0. The highest BCUT2D eigenvalue weighted by Gasteiger charge is 2.32. The Morgan fingerprint density at radius 3 is 3.00 bits per heavy atom. The zero-order valence-corrected chi connectivity index (χ0v) is 7.60. The highest BCUT2D eigenvalue weighted by molar-refractivity contribution is 7.11. The Bertz CT molecular complexity index is 313. The maximum Gasteiger partial charge on any atom is 0.0337 e. The number of hydrogen-bond donors (Lipinski definition) is 1. The van der Waals surface area contributed by atoms with Crippen LogP contribution in [0.5, 0.6) is 0 Å². The van der Waals surface area contributed by atoms with Crippen molar-refractivity contribution in [2.45, 2.75) is 24.9 Å². The van der Waals surface area contributed by atoms with Gasteiger partial charge in [0.2, 0.25) is 0 Å².